The molecule has 4 heteroatoms. The smallest absolute Gasteiger partial charge is 0.312 e. The average Bonchev–Trinajstić information content (AvgIpc) is 2.39. The van der Waals surface area contributed by atoms with Crippen LogP contribution in [0.2, 0.25) is 0 Å². The van der Waals surface area contributed by atoms with Gasteiger partial charge in [0.05, 0.1) is 13.0 Å². The maximum atomic E-state index is 11.3. The highest BCUT2D eigenvalue weighted by molar-refractivity contribution is 5.77. The standard InChI is InChI=1S/C15H23NO3/c1-5-15(2,3)10-6-7-13(19-4)11(8-10)12(9-16)14(17)18/h6-8,12H,5,9,16H2,1-4H3,(H,17,18). The quantitative estimate of drug-likeness (QED) is 0.829. The lowest BCUT2D eigenvalue weighted by molar-refractivity contribution is -0.138. The monoisotopic (exact) mass is 265 g/mol. The molecule has 1 aromatic rings. The molecule has 4 nitrogen and oxygen atoms in total. The fraction of sp³-hybridized carbons (Fsp3) is 0.533. The first kappa shape index (κ1) is 15.5. The lowest BCUT2D eigenvalue weighted by atomic mass is 9.80. The number of ether oxygens (including phenoxy) is 1. The fourth-order valence-electron chi connectivity index (χ4n) is 1.99. The van der Waals surface area contributed by atoms with Crippen LogP contribution in [0, 0.1) is 0 Å². The Morgan fingerprint density at radius 3 is 2.53 bits per heavy atom. The molecule has 0 aromatic heterocycles. The molecule has 0 aliphatic heterocycles. The van der Waals surface area contributed by atoms with Crippen molar-refractivity contribution in [2.24, 2.45) is 5.73 Å². The second-order valence-corrected chi connectivity index (χ2v) is 5.32. The molecule has 0 fully saturated rings. The second kappa shape index (κ2) is 6.06. The molecule has 0 radical (unpaired) electrons. The minimum absolute atomic E-state index is 0.00132. The number of nitrogens with two attached hydrogens (primary N) is 1. The number of carboxylic acid groups (broad SMARTS) is 1. The molecule has 3 N–H and O–H groups in total. The Bertz CT molecular complexity index is 455. The Morgan fingerprint density at radius 2 is 2.11 bits per heavy atom. The maximum absolute atomic E-state index is 11.3. The average molecular weight is 265 g/mol. The highest BCUT2D eigenvalue weighted by Crippen LogP contribution is 2.34. The first-order valence-electron chi connectivity index (χ1n) is 6.48. The van der Waals surface area contributed by atoms with Gasteiger partial charge in [0.1, 0.15) is 5.75 Å². The lowest BCUT2D eigenvalue weighted by Crippen LogP contribution is -2.23. The number of hydrogen-bond acceptors (Lipinski definition) is 3. The van der Waals surface area contributed by atoms with Gasteiger partial charge in [0.25, 0.3) is 0 Å². The van der Waals surface area contributed by atoms with Crippen molar-refractivity contribution in [2.45, 2.75) is 38.5 Å². The molecule has 0 heterocycles. The molecule has 0 aliphatic rings. The van der Waals surface area contributed by atoms with E-state index in [2.05, 4.69) is 20.8 Å². The van der Waals surface area contributed by atoms with Gasteiger partial charge in [0.15, 0.2) is 0 Å². The van der Waals surface area contributed by atoms with E-state index in [0.717, 1.165) is 12.0 Å². The Morgan fingerprint density at radius 1 is 1.47 bits per heavy atom. The minimum atomic E-state index is -0.924. The number of aliphatic carboxylic acids is 1. The molecule has 0 bridgehead atoms. The predicted molar refractivity (Wildman–Crippen MR) is 75.7 cm³/mol. The highest BCUT2D eigenvalue weighted by Gasteiger charge is 2.25. The van der Waals surface area contributed by atoms with Gasteiger partial charge in [-0.1, -0.05) is 32.9 Å². The number of rotatable bonds is 6. The Hall–Kier alpha value is -1.55. The molecular formula is C15H23NO3. The molecule has 0 saturated heterocycles. The van der Waals surface area contributed by atoms with Crippen molar-refractivity contribution in [1.82, 2.24) is 0 Å². The van der Waals surface area contributed by atoms with E-state index in [1.807, 2.05) is 18.2 Å². The number of methoxy groups -OCH3 is 1. The van der Waals surface area contributed by atoms with Crippen molar-refractivity contribution >= 4 is 5.97 Å². The second-order valence-electron chi connectivity index (χ2n) is 5.32. The zero-order chi connectivity index (χ0) is 14.6. The topological polar surface area (TPSA) is 72.5 Å². The molecule has 0 amide bonds. The molecular weight excluding hydrogens is 242 g/mol. The Labute approximate surface area is 114 Å². The van der Waals surface area contributed by atoms with E-state index >= 15 is 0 Å². The molecule has 1 atom stereocenters. The zero-order valence-electron chi connectivity index (χ0n) is 12.1. The lowest BCUT2D eigenvalue weighted by Gasteiger charge is -2.25. The van der Waals surface area contributed by atoms with Crippen molar-refractivity contribution < 1.29 is 14.6 Å². The molecule has 19 heavy (non-hydrogen) atoms. The SMILES string of the molecule is CCC(C)(C)c1ccc(OC)c(C(CN)C(=O)O)c1. The minimum Gasteiger partial charge on any atom is -0.496 e. The molecule has 106 valence electrons. The van der Waals surface area contributed by atoms with Crippen molar-refractivity contribution in [2.75, 3.05) is 13.7 Å². The summed E-state index contributed by atoms with van der Waals surface area (Å²) in [6.07, 6.45) is 0.971. The van der Waals surface area contributed by atoms with Gasteiger partial charge in [0.2, 0.25) is 0 Å². The number of hydrogen-bond donors (Lipinski definition) is 2. The summed E-state index contributed by atoms with van der Waals surface area (Å²) in [6.45, 7) is 6.44. The van der Waals surface area contributed by atoms with E-state index in [1.165, 1.54) is 0 Å². The van der Waals surface area contributed by atoms with E-state index in [1.54, 1.807) is 7.11 Å². The Balaban J connectivity index is 3.35. The first-order chi connectivity index (χ1) is 8.87. The third-order valence-electron chi connectivity index (χ3n) is 3.80. The van der Waals surface area contributed by atoms with Gasteiger partial charge in [-0.25, -0.2) is 0 Å². The third kappa shape index (κ3) is 3.26. The van der Waals surface area contributed by atoms with Crippen molar-refractivity contribution in [3.05, 3.63) is 29.3 Å². The number of carboxylic acids is 1. The molecule has 1 rings (SSSR count). The Kier molecular flexibility index (Phi) is 4.95. The van der Waals surface area contributed by atoms with Gasteiger partial charge in [-0.3, -0.25) is 4.79 Å². The normalized spacial score (nSPS) is 13.1. The predicted octanol–water partition coefficient (Wildman–Crippen LogP) is 2.51. The van der Waals surface area contributed by atoms with Crippen LogP contribution in [0.5, 0.6) is 5.75 Å². The van der Waals surface area contributed by atoms with Crippen LogP contribution in [0.4, 0.5) is 0 Å². The van der Waals surface area contributed by atoms with Crippen LogP contribution < -0.4 is 10.5 Å². The van der Waals surface area contributed by atoms with Crippen molar-refractivity contribution in [3.63, 3.8) is 0 Å². The van der Waals surface area contributed by atoms with E-state index < -0.39 is 11.9 Å². The summed E-state index contributed by atoms with van der Waals surface area (Å²) in [5.74, 6) is -1.08. The maximum Gasteiger partial charge on any atom is 0.312 e. The van der Waals surface area contributed by atoms with Crippen molar-refractivity contribution in [3.8, 4) is 5.75 Å². The van der Waals surface area contributed by atoms with Gasteiger partial charge >= 0.3 is 5.97 Å². The van der Waals surface area contributed by atoms with Crippen LogP contribution >= 0.6 is 0 Å². The summed E-state index contributed by atoms with van der Waals surface area (Å²) in [7, 11) is 1.54. The van der Waals surface area contributed by atoms with E-state index in [-0.39, 0.29) is 12.0 Å². The number of benzene rings is 1. The third-order valence-corrected chi connectivity index (χ3v) is 3.80. The van der Waals surface area contributed by atoms with Gasteiger partial charge in [0, 0.05) is 12.1 Å². The molecule has 1 unspecified atom stereocenters. The van der Waals surface area contributed by atoms with Crippen LogP contribution in [0.3, 0.4) is 0 Å². The highest BCUT2D eigenvalue weighted by atomic mass is 16.5. The summed E-state index contributed by atoms with van der Waals surface area (Å²) in [5, 5.41) is 9.26. The zero-order valence-corrected chi connectivity index (χ0v) is 12.1. The largest absolute Gasteiger partial charge is 0.496 e. The van der Waals surface area contributed by atoms with Crippen LogP contribution in [-0.2, 0) is 10.2 Å². The van der Waals surface area contributed by atoms with E-state index in [9.17, 15) is 9.90 Å². The van der Waals surface area contributed by atoms with Gasteiger partial charge in [-0.2, -0.15) is 0 Å². The molecule has 0 spiro atoms. The van der Waals surface area contributed by atoms with Gasteiger partial charge in [-0.15, -0.1) is 0 Å². The summed E-state index contributed by atoms with van der Waals surface area (Å²) in [4.78, 5) is 11.3. The van der Waals surface area contributed by atoms with Crippen LogP contribution in [0.25, 0.3) is 0 Å². The molecule has 0 saturated carbocycles. The summed E-state index contributed by atoms with van der Waals surface area (Å²) in [6, 6.07) is 5.73. The summed E-state index contributed by atoms with van der Waals surface area (Å²) >= 11 is 0. The van der Waals surface area contributed by atoms with Crippen LogP contribution in [0.1, 0.15) is 44.2 Å². The van der Waals surface area contributed by atoms with Crippen LogP contribution in [0.15, 0.2) is 18.2 Å². The number of carbonyl (C=O) groups is 1. The van der Waals surface area contributed by atoms with Gasteiger partial charge < -0.3 is 15.6 Å². The fourth-order valence-corrected chi connectivity index (χ4v) is 1.99. The summed E-state index contributed by atoms with van der Waals surface area (Å²) in [5.41, 5.74) is 7.34. The first-order valence-corrected chi connectivity index (χ1v) is 6.48. The van der Waals surface area contributed by atoms with Crippen LogP contribution in [-0.4, -0.2) is 24.7 Å². The van der Waals surface area contributed by atoms with Gasteiger partial charge in [-0.05, 0) is 23.5 Å². The molecule has 0 aliphatic carbocycles. The molecule has 1 aromatic carbocycles. The summed E-state index contributed by atoms with van der Waals surface area (Å²) < 4.78 is 5.26. The van der Waals surface area contributed by atoms with E-state index in [0.29, 0.717) is 11.3 Å². The van der Waals surface area contributed by atoms with Crippen molar-refractivity contribution in [1.29, 1.82) is 0 Å². The van der Waals surface area contributed by atoms with E-state index in [4.69, 9.17) is 10.5 Å².